The fourth-order valence-electron chi connectivity index (χ4n) is 2.37. The number of esters is 1. The van der Waals surface area contributed by atoms with Crippen molar-refractivity contribution in [2.75, 3.05) is 12.4 Å². The number of hydrogen-bond donors (Lipinski definition) is 1. The van der Waals surface area contributed by atoms with E-state index in [1.165, 1.54) is 5.56 Å². The summed E-state index contributed by atoms with van der Waals surface area (Å²) in [7, 11) is 0. The van der Waals surface area contributed by atoms with E-state index in [4.69, 9.17) is 4.74 Å². The Kier molecular flexibility index (Phi) is 6.67. The molecular formula is C19H23NO3S. The average molecular weight is 345 g/mol. The third kappa shape index (κ3) is 5.27. The van der Waals surface area contributed by atoms with E-state index in [-0.39, 0.29) is 24.3 Å². The maximum absolute atomic E-state index is 12.1. The number of aromatic amines is 1. The maximum Gasteiger partial charge on any atom is 0.309 e. The van der Waals surface area contributed by atoms with Gasteiger partial charge in [0.05, 0.1) is 5.92 Å². The van der Waals surface area contributed by atoms with Gasteiger partial charge in [-0.05, 0) is 25.5 Å². The van der Waals surface area contributed by atoms with Crippen molar-refractivity contribution in [3.05, 3.63) is 58.9 Å². The second-order valence-corrected chi connectivity index (χ2v) is 6.95. The number of H-pyrrole nitrogens is 1. The van der Waals surface area contributed by atoms with Gasteiger partial charge in [0, 0.05) is 28.5 Å². The number of benzene rings is 1. The van der Waals surface area contributed by atoms with Gasteiger partial charge in [-0.15, -0.1) is 0 Å². The van der Waals surface area contributed by atoms with Crippen molar-refractivity contribution in [1.29, 1.82) is 0 Å². The molecule has 0 fully saturated rings. The first-order valence-corrected chi connectivity index (χ1v) is 9.10. The van der Waals surface area contributed by atoms with E-state index < -0.39 is 0 Å². The quantitative estimate of drug-likeness (QED) is 0.582. The van der Waals surface area contributed by atoms with Crippen molar-refractivity contribution in [2.24, 2.45) is 5.92 Å². The summed E-state index contributed by atoms with van der Waals surface area (Å²) in [5, 5.41) is 0. The minimum Gasteiger partial charge on any atom is -0.457 e. The molecule has 0 bridgehead atoms. The molecule has 0 saturated carbocycles. The van der Waals surface area contributed by atoms with Gasteiger partial charge in [0.1, 0.15) is 0 Å². The molecule has 0 aliphatic carbocycles. The summed E-state index contributed by atoms with van der Waals surface area (Å²) in [6.07, 6.45) is 0. The smallest absolute Gasteiger partial charge is 0.309 e. The summed E-state index contributed by atoms with van der Waals surface area (Å²) in [4.78, 5) is 27.2. The number of hydrogen-bond acceptors (Lipinski definition) is 4. The van der Waals surface area contributed by atoms with Crippen LogP contribution in [0.5, 0.6) is 0 Å². The number of nitrogens with one attached hydrogen (secondary N) is 1. The van der Waals surface area contributed by atoms with E-state index in [9.17, 15) is 9.59 Å². The van der Waals surface area contributed by atoms with Gasteiger partial charge in [-0.2, -0.15) is 11.8 Å². The van der Waals surface area contributed by atoms with Gasteiger partial charge in [0.25, 0.3) is 0 Å². The number of aromatic nitrogens is 1. The van der Waals surface area contributed by atoms with E-state index in [1.54, 1.807) is 17.8 Å². The highest BCUT2D eigenvalue weighted by Gasteiger charge is 2.18. The number of ether oxygens (including phenoxy) is 1. The Morgan fingerprint density at radius 3 is 2.54 bits per heavy atom. The molecule has 2 aromatic rings. The van der Waals surface area contributed by atoms with Crippen LogP contribution in [0.1, 0.15) is 34.2 Å². The molecule has 1 N–H and O–H groups in total. The van der Waals surface area contributed by atoms with Crippen molar-refractivity contribution in [2.45, 2.75) is 26.5 Å². The highest BCUT2D eigenvalue weighted by Crippen LogP contribution is 2.16. The topological polar surface area (TPSA) is 59.2 Å². The zero-order valence-electron chi connectivity index (χ0n) is 14.3. The van der Waals surface area contributed by atoms with E-state index in [0.717, 1.165) is 17.1 Å². The maximum atomic E-state index is 12.1. The van der Waals surface area contributed by atoms with Crippen molar-refractivity contribution in [3.8, 4) is 0 Å². The van der Waals surface area contributed by atoms with Gasteiger partial charge in [-0.3, -0.25) is 9.59 Å². The second-order valence-electron chi connectivity index (χ2n) is 5.92. The van der Waals surface area contributed by atoms with Crippen LogP contribution in [0, 0.1) is 19.8 Å². The molecule has 2 rings (SSSR count). The van der Waals surface area contributed by atoms with Gasteiger partial charge in [0.15, 0.2) is 6.61 Å². The molecule has 0 saturated heterocycles. The van der Waals surface area contributed by atoms with E-state index in [1.807, 2.05) is 39.0 Å². The lowest BCUT2D eigenvalue weighted by Crippen LogP contribution is -2.21. The monoisotopic (exact) mass is 345 g/mol. The van der Waals surface area contributed by atoms with Crippen LogP contribution in [0.15, 0.2) is 36.4 Å². The number of Topliss-reactive ketones (excluding diaryl/α,β-unsaturated/α-hetero) is 1. The molecule has 0 radical (unpaired) electrons. The number of ketones is 1. The molecule has 1 unspecified atom stereocenters. The normalized spacial score (nSPS) is 12.0. The summed E-state index contributed by atoms with van der Waals surface area (Å²) >= 11 is 1.69. The largest absolute Gasteiger partial charge is 0.457 e. The van der Waals surface area contributed by atoms with E-state index in [0.29, 0.717) is 11.3 Å². The molecule has 1 atom stereocenters. The molecule has 0 spiro atoms. The van der Waals surface area contributed by atoms with Gasteiger partial charge >= 0.3 is 5.97 Å². The fraction of sp³-hybridized carbons (Fsp3) is 0.368. The summed E-state index contributed by atoms with van der Waals surface area (Å²) in [6.45, 7) is 5.36. The molecule has 1 aromatic heterocycles. The summed E-state index contributed by atoms with van der Waals surface area (Å²) in [5.41, 5.74) is 3.55. The third-order valence-electron chi connectivity index (χ3n) is 3.68. The molecule has 1 aromatic carbocycles. The van der Waals surface area contributed by atoms with Gasteiger partial charge in [-0.1, -0.05) is 37.3 Å². The van der Waals surface area contributed by atoms with Crippen LogP contribution in [0.25, 0.3) is 0 Å². The van der Waals surface area contributed by atoms with Crippen molar-refractivity contribution in [1.82, 2.24) is 4.98 Å². The van der Waals surface area contributed by atoms with E-state index >= 15 is 0 Å². The van der Waals surface area contributed by atoms with E-state index in [2.05, 4.69) is 17.1 Å². The van der Waals surface area contributed by atoms with Crippen LogP contribution < -0.4 is 0 Å². The highest BCUT2D eigenvalue weighted by atomic mass is 32.2. The number of carbonyl (C=O) groups is 2. The summed E-state index contributed by atoms with van der Waals surface area (Å²) in [6, 6.07) is 11.9. The Morgan fingerprint density at radius 1 is 1.21 bits per heavy atom. The van der Waals surface area contributed by atoms with Gasteiger partial charge < -0.3 is 9.72 Å². The highest BCUT2D eigenvalue weighted by molar-refractivity contribution is 7.98. The Hall–Kier alpha value is -2.01. The lowest BCUT2D eigenvalue weighted by Gasteiger charge is -2.11. The zero-order chi connectivity index (χ0) is 17.5. The summed E-state index contributed by atoms with van der Waals surface area (Å²) < 4.78 is 5.17. The molecular weight excluding hydrogens is 322 g/mol. The predicted molar refractivity (Wildman–Crippen MR) is 97.3 cm³/mol. The Balaban J connectivity index is 1.73. The van der Waals surface area contributed by atoms with Crippen molar-refractivity contribution < 1.29 is 14.3 Å². The van der Waals surface area contributed by atoms with Crippen LogP contribution in [0.4, 0.5) is 0 Å². The van der Waals surface area contributed by atoms with Crippen molar-refractivity contribution in [3.63, 3.8) is 0 Å². The predicted octanol–water partition coefficient (Wildman–Crippen LogP) is 3.93. The number of aryl methyl sites for hydroxylation is 2. The van der Waals surface area contributed by atoms with Crippen LogP contribution in [-0.4, -0.2) is 29.1 Å². The Bertz CT molecular complexity index is 694. The van der Waals surface area contributed by atoms with Crippen molar-refractivity contribution >= 4 is 23.5 Å². The number of thioether (sulfide) groups is 1. The molecule has 0 aliphatic rings. The minimum absolute atomic E-state index is 0.172. The standard InChI is InChI=1S/C19H23NO3S/c1-13(11-24-12-16-7-5-4-6-8-16)19(22)23-10-18(21)17-9-14(2)20-15(17)3/h4-9,13,20H,10-12H2,1-3H3. The molecule has 5 heteroatoms. The average Bonchev–Trinajstić information content (AvgIpc) is 2.91. The molecule has 4 nitrogen and oxygen atoms in total. The molecule has 0 aliphatic heterocycles. The SMILES string of the molecule is Cc1cc(C(=O)COC(=O)C(C)CSCc2ccccc2)c(C)[nH]1. The van der Waals surface area contributed by atoms with Crippen LogP contribution in [0.3, 0.4) is 0 Å². The number of carbonyl (C=O) groups excluding carboxylic acids is 2. The first kappa shape index (κ1) is 18.3. The molecule has 0 amide bonds. The Morgan fingerprint density at radius 2 is 1.92 bits per heavy atom. The molecule has 128 valence electrons. The first-order chi connectivity index (χ1) is 11.5. The molecule has 1 heterocycles. The van der Waals surface area contributed by atoms with Gasteiger partial charge in [-0.25, -0.2) is 0 Å². The fourth-order valence-corrected chi connectivity index (χ4v) is 3.40. The lowest BCUT2D eigenvalue weighted by molar-refractivity contribution is -0.145. The van der Waals surface area contributed by atoms with Crippen LogP contribution in [0.2, 0.25) is 0 Å². The lowest BCUT2D eigenvalue weighted by atomic mass is 10.1. The minimum atomic E-state index is -0.325. The number of rotatable bonds is 8. The first-order valence-electron chi connectivity index (χ1n) is 7.95. The van der Waals surface area contributed by atoms with Crippen LogP contribution >= 0.6 is 11.8 Å². The summed E-state index contributed by atoms with van der Waals surface area (Å²) in [5.74, 6) is 0.799. The van der Waals surface area contributed by atoms with Crippen LogP contribution in [-0.2, 0) is 15.3 Å². The third-order valence-corrected chi connectivity index (χ3v) is 4.95. The Labute approximate surface area is 147 Å². The zero-order valence-corrected chi connectivity index (χ0v) is 15.1. The molecule has 24 heavy (non-hydrogen) atoms. The second kappa shape index (κ2) is 8.73. The van der Waals surface area contributed by atoms with Gasteiger partial charge in [0.2, 0.25) is 5.78 Å².